The van der Waals surface area contributed by atoms with Gasteiger partial charge in [-0.2, -0.15) is 5.10 Å². The van der Waals surface area contributed by atoms with Crippen molar-refractivity contribution in [1.29, 1.82) is 0 Å². The molecule has 2 unspecified atom stereocenters. The van der Waals surface area contributed by atoms with E-state index in [1.165, 1.54) is 23.4 Å². The highest BCUT2D eigenvalue weighted by molar-refractivity contribution is 5.50. The number of anilines is 1. The van der Waals surface area contributed by atoms with Crippen molar-refractivity contribution in [1.82, 2.24) is 15.1 Å². The first-order valence-electron chi connectivity index (χ1n) is 8.87. The molecule has 1 aromatic carbocycles. The van der Waals surface area contributed by atoms with E-state index in [-0.39, 0.29) is 0 Å². The van der Waals surface area contributed by atoms with Crippen molar-refractivity contribution in [3.63, 3.8) is 0 Å². The summed E-state index contributed by atoms with van der Waals surface area (Å²) in [6, 6.07) is 11.4. The van der Waals surface area contributed by atoms with Crippen LogP contribution < -0.4 is 10.2 Å². The van der Waals surface area contributed by atoms with Crippen LogP contribution in [-0.2, 0) is 18.3 Å². The SMILES string of the molecule is Cc1nn(C)c(N2CCOCC2)c1CNC1CC1c1ccccc1. The maximum atomic E-state index is 5.49. The lowest BCUT2D eigenvalue weighted by Gasteiger charge is -2.29. The molecule has 1 aliphatic carbocycles. The van der Waals surface area contributed by atoms with Crippen LogP contribution in [0, 0.1) is 6.92 Å². The predicted molar refractivity (Wildman–Crippen MR) is 95.4 cm³/mol. The van der Waals surface area contributed by atoms with Gasteiger partial charge in [0.2, 0.25) is 0 Å². The third-order valence-corrected chi connectivity index (χ3v) is 5.18. The monoisotopic (exact) mass is 326 g/mol. The van der Waals surface area contributed by atoms with Crippen LogP contribution in [0.25, 0.3) is 0 Å². The number of nitrogens with zero attached hydrogens (tertiary/aromatic N) is 3. The Labute approximate surface area is 143 Å². The minimum atomic E-state index is 0.588. The summed E-state index contributed by atoms with van der Waals surface area (Å²) in [6.45, 7) is 6.50. The van der Waals surface area contributed by atoms with Gasteiger partial charge in [-0.05, 0) is 18.9 Å². The maximum Gasteiger partial charge on any atom is 0.131 e. The molecule has 2 fully saturated rings. The van der Waals surface area contributed by atoms with Crippen molar-refractivity contribution in [2.24, 2.45) is 7.05 Å². The highest BCUT2D eigenvalue weighted by Gasteiger charge is 2.38. The highest BCUT2D eigenvalue weighted by atomic mass is 16.5. The van der Waals surface area contributed by atoms with Gasteiger partial charge in [-0.3, -0.25) is 4.68 Å². The van der Waals surface area contributed by atoms with Crippen molar-refractivity contribution in [3.05, 3.63) is 47.2 Å². The Morgan fingerprint density at radius 2 is 1.96 bits per heavy atom. The Kier molecular flexibility index (Phi) is 4.29. The van der Waals surface area contributed by atoms with E-state index >= 15 is 0 Å². The Morgan fingerprint density at radius 1 is 1.21 bits per heavy atom. The minimum absolute atomic E-state index is 0.588. The maximum absolute atomic E-state index is 5.49. The van der Waals surface area contributed by atoms with E-state index in [4.69, 9.17) is 4.74 Å². The molecule has 1 aliphatic heterocycles. The van der Waals surface area contributed by atoms with Gasteiger partial charge in [-0.25, -0.2) is 0 Å². The lowest BCUT2D eigenvalue weighted by molar-refractivity contribution is 0.122. The van der Waals surface area contributed by atoms with E-state index in [0.29, 0.717) is 12.0 Å². The number of hydrogen-bond donors (Lipinski definition) is 1. The zero-order valence-electron chi connectivity index (χ0n) is 14.5. The van der Waals surface area contributed by atoms with E-state index in [2.05, 4.69) is 52.6 Å². The van der Waals surface area contributed by atoms with Crippen LogP contribution in [0.15, 0.2) is 30.3 Å². The fourth-order valence-electron chi connectivity index (χ4n) is 3.79. The molecule has 0 bridgehead atoms. The molecular formula is C19H26N4O. The van der Waals surface area contributed by atoms with Crippen molar-refractivity contribution in [2.45, 2.75) is 31.8 Å². The number of aryl methyl sites for hydroxylation is 2. The topological polar surface area (TPSA) is 42.3 Å². The molecule has 4 rings (SSSR count). The first-order chi connectivity index (χ1) is 11.7. The number of ether oxygens (including phenoxy) is 1. The van der Waals surface area contributed by atoms with Gasteiger partial charge >= 0.3 is 0 Å². The van der Waals surface area contributed by atoms with Gasteiger partial charge in [0, 0.05) is 44.2 Å². The van der Waals surface area contributed by atoms with Crippen LogP contribution in [0.4, 0.5) is 5.82 Å². The molecule has 0 radical (unpaired) electrons. The molecule has 1 N–H and O–H groups in total. The summed E-state index contributed by atoms with van der Waals surface area (Å²) in [5.74, 6) is 1.91. The average molecular weight is 326 g/mol. The number of nitrogens with one attached hydrogen (secondary N) is 1. The van der Waals surface area contributed by atoms with E-state index in [0.717, 1.165) is 38.5 Å². The Balaban J connectivity index is 1.44. The highest BCUT2D eigenvalue weighted by Crippen LogP contribution is 2.41. The molecule has 5 heteroatoms. The molecule has 1 saturated heterocycles. The van der Waals surface area contributed by atoms with E-state index in [1.54, 1.807) is 0 Å². The molecule has 2 aromatic rings. The first kappa shape index (κ1) is 15.7. The van der Waals surface area contributed by atoms with Gasteiger partial charge in [0.25, 0.3) is 0 Å². The summed E-state index contributed by atoms with van der Waals surface area (Å²) in [5, 5.41) is 8.40. The van der Waals surface area contributed by atoms with E-state index in [9.17, 15) is 0 Å². The van der Waals surface area contributed by atoms with Crippen LogP contribution in [0.3, 0.4) is 0 Å². The summed E-state index contributed by atoms with van der Waals surface area (Å²) in [7, 11) is 2.05. The van der Waals surface area contributed by atoms with Crippen LogP contribution in [0.5, 0.6) is 0 Å². The van der Waals surface area contributed by atoms with Crippen LogP contribution in [0.1, 0.15) is 29.2 Å². The molecule has 0 spiro atoms. The summed E-state index contributed by atoms with van der Waals surface area (Å²) in [4.78, 5) is 2.40. The van der Waals surface area contributed by atoms with Gasteiger partial charge in [0.05, 0.1) is 18.9 Å². The normalized spacial score (nSPS) is 23.5. The zero-order valence-corrected chi connectivity index (χ0v) is 14.5. The van der Waals surface area contributed by atoms with Crippen LogP contribution >= 0.6 is 0 Å². The standard InChI is InChI=1S/C19H26N4O/c1-14-17(19(22(2)21-14)23-8-10-24-11-9-23)13-20-18-12-16(18)15-6-4-3-5-7-15/h3-7,16,18,20H,8-13H2,1-2H3. The summed E-state index contributed by atoms with van der Waals surface area (Å²) >= 11 is 0. The van der Waals surface area contributed by atoms with Crippen LogP contribution in [0.2, 0.25) is 0 Å². The van der Waals surface area contributed by atoms with Gasteiger partial charge in [-0.1, -0.05) is 30.3 Å². The third kappa shape index (κ3) is 3.06. The molecule has 5 nitrogen and oxygen atoms in total. The quantitative estimate of drug-likeness (QED) is 0.915. The zero-order chi connectivity index (χ0) is 16.5. The predicted octanol–water partition coefficient (Wildman–Crippen LogP) is 2.21. The summed E-state index contributed by atoms with van der Waals surface area (Å²) < 4.78 is 7.52. The number of benzene rings is 1. The van der Waals surface area contributed by atoms with Gasteiger partial charge in [-0.15, -0.1) is 0 Å². The smallest absolute Gasteiger partial charge is 0.131 e. The molecule has 2 atom stereocenters. The Morgan fingerprint density at radius 3 is 2.71 bits per heavy atom. The van der Waals surface area contributed by atoms with Crippen molar-refractivity contribution < 1.29 is 4.74 Å². The summed E-state index contributed by atoms with van der Waals surface area (Å²) in [5.41, 5.74) is 3.91. The molecule has 2 aliphatic rings. The molecule has 1 aromatic heterocycles. The van der Waals surface area contributed by atoms with Crippen molar-refractivity contribution >= 4 is 5.82 Å². The molecule has 128 valence electrons. The fraction of sp³-hybridized carbons (Fsp3) is 0.526. The third-order valence-electron chi connectivity index (χ3n) is 5.18. The molecule has 2 heterocycles. The minimum Gasteiger partial charge on any atom is -0.378 e. The van der Waals surface area contributed by atoms with Crippen molar-refractivity contribution in [3.8, 4) is 0 Å². The largest absolute Gasteiger partial charge is 0.378 e. The van der Waals surface area contributed by atoms with Gasteiger partial charge in [0.15, 0.2) is 0 Å². The van der Waals surface area contributed by atoms with E-state index < -0.39 is 0 Å². The molecule has 0 amide bonds. The lowest BCUT2D eigenvalue weighted by atomic mass is 10.1. The average Bonchev–Trinajstić information content (AvgIpc) is 3.33. The molecule has 24 heavy (non-hydrogen) atoms. The second-order valence-corrected chi connectivity index (χ2v) is 6.85. The van der Waals surface area contributed by atoms with Crippen LogP contribution in [-0.4, -0.2) is 42.1 Å². The Bertz CT molecular complexity index is 691. The second kappa shape index (κ2) is 6.57. The second-order valence-electron chi connectivity index (χ2n) is 6.85. The number of rotatable bonds is 5. The fourth-order valence-corrected chi connectivity index (χ4v) is 3.79. The molecular weight excluding hydrogens is 300 g/mol. The van der Waals surface area contributed by atoms with Crippen molar-refractivity contribution in [2.75, 3.05) is 31.2 Å². The number of aromatic nitrogens is 2. The van der Waals surface area contributed by atoms with Gasteiger partial charge in [0.1, 0.15) is 5.82 Å². The molecule has 1 saturated carbocycles. The van der Waals surface area contributed by atoms with E-state index in [1.807, 2.05) is 11.7 Å². The summed E-state index contributed by atoms with van der Waals surface area (Å²) in [6.07, 6.45) is 1.23. The first-order valence-corrected chi connectivity index (χ1v) is 8.87. The number of morpholine rings is 1. The number of hydrogen-bond acceptors (Lipinski definition) is 4. The van der Waals surface area contributed by atoms with Gasteiger partial charge < -0.3 is 15.0 Å². The lowest BCUT2D eigenvalue weighted by Crippen LogP contribution is -2.38. The Hall–Kier alpha value is -1.85.